The van der Waals surface area contributed by atoms with Crippen LogP contribution in [0.4, 0.5) is 0 Å². The molecule has 0 amide bonds. The molecule has 0 aliphatic heterocycles. The van der Waals surface area contributed by atoms with E-state index in [-0.39, 0.29) is 0 Å². The van der Waals surface area contributed by atoms with Crippen molar-refractivity contribution in [1.29, 1.82) is 5.26 Å². The second-order valence-electron chi connectivity index (χ2n) is 4.50. The zero-order valence-electron chi connectivity index (χ0n) is 10.8. The highest BCUT2D eigenvalue weighted by Gasteiger charge is 2.36. The highest BCUT2D eigenvalue weighted by atomic mass is 15.3. The van der Waals surface area contributed by atoms with E-state index in [1.54, 1.807) is 10.9 Å². The molecule has 0 saturated carbocycles. The van der Waals surface area contributed by atoms with Gasteiger partial charge in [0.15, 0.2) is 5.54 Å². The van der Waals surface area contributed by atoms with Crippen LogP contribution in [0.2, 0.25) is 0 Å². The van der Waals surface area contributed by atoms with Crippen LogP contribution >= 0.6 is 0 Å². The molecule has 0 aliphatic rings. The quantitative estimate of drug-likeness (QED) is 0.724. The Morgan fingerprint density at radius 2 is 1.40 bits per heavy atom. The number of hydrogen-bond donors (Lipinski definition) is 0. The van der Waals surface area contributed by atoms with Crippen LogP contribution in [0.5, 0.6) is 0 Å². The molecule has 3 nitrogen and oxygen atoms in total. The van der Waals surface area contributed by atoms with E-state index in [0.717, 1.165) is 11.1 Å². The molecule has 20 heavy (non-hydrogen) atoms. The third-order valence-corrected chi connectivity index (χ3v) is 3.39. The highest BCUT2D eigenvalue weighted by molar-refractivity contribution is 5.45. The smallest absolute Gasteiger partial charge is 0.198 e. The van der Waals surface area contributed by atoms with Crippen molar-refractivity contribution in [3.63, 3.8) is 0 Å². The zero-order chi connectivity index (χ0) is 13.8. The predicted octanol–water partition coefficient (Wildman–Crippen LogP) is 3.20. The number of aromatic nitrogens is 2. The third-order valence-electron chi connectivity index (χ3n) is 3.39. The maximum absolute atomic E-state index is 9.94. The highest BCUT2D eigenvalue weighted by Crippen LogP contribution is 2.32. The monoisotopic (exact) mass is 259 g/mol. The Labute approximate surface area is 117 Å². The van der Waals surface area contributed by atoms with Crippen molar-refractivity contribution < 1.29 is 0 Å². The van der Waals surface area contributed by atoms with Gasteiger partial charge in [-0.2, -0.15) is 10.4 Å². The molecular weight excluding hydrogens is 246 g/mol. The predicted molar refractivity (Wildman–Crippen MR) is 76.9 cm³/mol. The first-order chi connectivity index (χ1) is 9.88. The summed E-state index contributed by atoms with van der Waals surface area (Å²) in [5, 5.41) is 14.3. The van der Waals surface area contributed by atoms with Crippen molar-refractivity contribution >= 4 is 0 Å². The van der Waals surface area contributed by atoms with Crippen molar-refractivity contribution in [3.05, 3.63) is 90.3 Å². The second kappa shape index (κ2) is 5.02. The minimum Gasteiger partial charge on any atom is -0.243 e. The van der Waals surface area contributed by atoms with Crippen LogP contribution in [0, 0.1) is 11.3 Å². The molecule has 3 rings (SSSR count). The molecule has 3 heteroatoms. The summed E-state index contributed by atoms with van der Waals surface area (Å²) >= 11 is 0. The normalized spacial score (nSPS) is 10.9. The SMILES string of the molecule is N#CC(c1ccccc1)(c1ccccc1)n1cccn1. The van der Waals surface area contributed by atoms with Crippen molar-refractivity contribution in [2.45, 2.75) is 5.54 Å². The van der Waals surface area contributed by atoms with Gasteiger partial charge in [-0.15, -0.1) is 0 Å². The average molecular weight is 259 g/mol. The Balaban J connectivity index is 2.31. The van der Waals surface area contributed by atoms with Gasteiger partial charge in [-0.05, 0) is 17.2 Å². The Kier molecular flexibility index (Phi) is 3.06. The van der Waals surface area contributed by atoms with Gasteiger partial charge in [-0.3, -0.25) is 0 Å². The molecule has 3 aromatic rings. The first-order valence-electron chi connectivity index (χ1n) is 6.40. The molecule has 96 valence electrons. The van der Waals surface area contributed by atoms with E-state index in [1.165, 1.54) is 0 Å². The van der Waals surface area contributed by atoms with Gasteiger partial charge in [0, 0.05) is 12.4 Å². The minimum atomic E-state index is -0.938. The summed E-state index contributed by atoms with van der Waals surface area (Å²) in [4.78, 5) is 0. The van der Waals surface area contributed by atoms with E-state index >= 15 is 0 Å². The molecule has 0 N–H and O–H groups in total. The molecular formula is C17H13N3. The van der Waals surface area contributed by atoms with Crippen LogP contribution in [0.1, 0.15) is 11.1 Å². The molecule has 1 heterocycles. The average Bonchev–Trinajstić information content (AvgIpc) is 3.06. The standard InChI is InChI=1S/C17H13N3/c18-14-17(20-13-7-12-19-20,15-8-3-1-4-9-15)16-10-5-2-6-11-16/h1-13H. The Morgan fingerprint density at radius 1 is 0.850 bits per heavy atom. The summed E-state index contributed by atoms with van der Waals surface area (Å²) in [6, 6.07) is 23.7. The lowest BCUT2D eigenvalue weighted by Crippen LogP contribution is -2.35. The van der Waals surface area contributed by atoms with Gasteiger partial charge in [0.2, 0.25) is 0 Å². The number of hydrogen-bond acceptors (Lipinski definition) is 2. The summed E-state index contributed by atoms with van der Waals surface area (Å²) in [6.45, 7) is 0. The fraction of sp³-hybridized carbons (Fsp3) is 0.0588. The van der Waals surface area contributed by atoms with Crippen LogP contribution in [0.3, 0.4) is 0 Å². The molecule has 0 atom stereocenters. The maximum atomic E-state index is 9.94. The number of rotatable bonds is 3. The van der Waals surface area contributed by atoms with E-state index < -0.39 is 5.54 Å². The molecule has 0 spiro atoms. The third kappa shape index (κ3) is 1.79. The first-order valence-corrected chi connectivity index (χ1v) is 6.40. The molecule has 0 aliphatic carbocycles. The van der Waals surface area contributed by atoms with E-state index in [1.807, 2.05) is 72.9 Å². The summed E-state index contributed by atoms with van der Waals surface area (Å²) < 4.78 is 1.71. The van der Waals surface area contributed by atoms with Crippen molar-refractivity contribution in [2.75, 3.05) is 0 Å². The van der Waals surface area contributed by atoms with Crippen molar-refractivity contribution in [2.24, 2.45) is 0 Å². The lowest BCUT2D eigenvalue weighted by Gasteiger charge is -2.28. The van der Waals surface area contributed by atoms with Gasteiger partial charge < -0.3 is 0 Å². The molecule has 0 bridgehead atoms. The topological polar surface area (TPSA) is 41.6 Å². The van der Waals surface area contributed by atoms with E-state index in [0.29, 0.717) is 0 Å². The molecule has 0 radical (unpaired) electrons. The van der Waals surface area contributed by atoms with E-state index in [2.05, 4.69) is 11.2 Å². The molecule has 1 aromatic heterocycles. The lowest BCUT2D eigenvalue weighted by molar-refractivity contribution is 0.488. The van der Waals surface area contributed by atoms with Gasteiger partial charge in [-0.25, -0.2) is 4.68 Å². The molecule has 0 unspecified atom stereocenters. The number of nitrogens with zero attached hydrogens (tertiary/aromatic N) is 3. The summed E-state index contributed by atoms with van der Waals surface area (Å²) in [5.74, 6) is 0. The van der Waals surface area contributed by atoms with E-state index in [9.17, 15) is 5.26 Å². The van der Waals surface area contributed by atoms with Crippen LogP contribution in [-0.2, 0) is 5.54 Å². The Hall–Kier alpha value is -2.86. The van der Waals surface area contributed by atoms with Crippen molar-refractivity contribution in [3.8, 4) is 6.07 Å². The number of benzene rings is 2. The van der Waals surface area contributed by atoms with Crippen LogP contribution in [-0.4, -0.2) is 9.78 Å². The first kappa shape index (κ1) is 12.2. The summed E-state index contributed by atoms with van der Waals surface area (Å²) in [7, 11) is 0. The number of nitriles is 1. The van der Waals surface area contributed by atoms with Gasteiger partial charge in [0.1, 0.15) is 6.07 Å². The summed E-state index contributed by atoms with van der Waals surface area (Å²) in [6.07, 6.45) is 3.52. The zero-order valence-corrected chi connectivity index (χ0v) is 10.8. The summed E-state index contributed by atoms with van der Waals surface area (Å²) in [5.41, 5.74) is 0.862. The fourth-order valence-corrected chi connectivity index (χ4v) is 2.44. The van der Waals surface area contributed by atoms with Gasteiger partial charge in [0.05, 0.1) is 0 Å². The van der Waals surface area contributed by atoms with E-state index in [4.69, 9.17) is 0 Å². The fourth-order valence-electron chi connectivity index (χ4n) is 2.44. The van der Waals surface area contributed by atoms with Gasteiger partial charge in [-0.1, -0.05) is 60.7 Å². The van der Waals surface area contributed by atoms with Gasteiger partial charge in [0.25, 0.3) is 0 Å². The van der Waals surface area contributed by atoms with Crippen LogP contribution in [0.25, 0.3) is 0 Å². The largest absolute Gasteiger partial charge is 0.243 e. The lowest BCUT2D eigenvalue weighted by atomic mass is 9.84. The Bertz CT molecular complexity index is 670. The second-order valence-corrected chi connectivity index (χ2v) is 4.50. The molecule has 2 aromatic carbocycles. The minimum absolute atomic E-state index is 0.900. The molecule has 0 saturated heterocycles. The van der Waals surface area contributed by atoms with Crippen molar-refractivity contribution in [1.82, 2.24) is 9.78 Å². The maximum Gasteiger partial charge on any atom is 0.198 e. The van der Waals surface area contributed by atoms with Gasteiger partial charge >= 0.3 is 0 Å². The Morgan fingerprint density at radius 3 is 1.80 bits per heavy atom. The van der Waals surface area contributed by atoms with Crippen LogP contribution in [0.15, 0.2) is 79.1 Å². The molecule has 0 fully saturated rings. The van der Waals surface area contributed by atoms with Crippen LogP contribution < -0.4 is 0 Å².